The normalized spacial score (nSPS) is 13.5. The molecule has 0 spiro atoms. The van der Waals surface area contributed by atoms with Crippen molar-refractivity contribution >= 4 is 9.04 Å². The first-order valence-electron chi connectivity index (χ1n) is 4.46. The van der Waals surface area contributed by atoms with Crippen LogP contribution in [0.5, 0.6) is 0 Å². The fourth-order valence-corrected chi connectivity index (χ4v) is 3.04. The second kappa shape index (κ2) is 7.29. The molecule has 10 heavy (non-hydrogen) atoms. The summed E-state index contributed by atoms with van der Waals surface area (Å²) in [6.07, 6.45) is 2.47. The fraction of sp³-hybridized carbons (Fsp3) is 1.00. The molecular weight excluding hydrogens is 140 g/mol. The van der Waals surface area contributed by atoms with E-state index in [9.17, 15) is 0 Å². The second-order valence-electron chi connectivity index (χ2n) is 2.69. The Labute approximate surface area is 66.5 Å². The summed E-state index contributed by atoms with van der Waals surface area (Å²) in [5.41, 5.74) is 0. The molecule has 0 rings (SSSR count). The quantitative estimate of drug-likeness (QED) is 0.543. The summed E-state index contributed by atoms with van der Waals surface area (Å²) in [5.74, 6) is 0. The van der Waals surface area contributed by atoms with Crippen LogP contribution < -0.4 is 0 Å². The standard InChI is InChI=1S/C8H20OSi/c1-4-7-9-10(6-3)8-5-2/h10H,4-8H2,1-3H3. The van der Waals surface area contributed by atoms with Crippen molar-refractivity contribution < 1.29 is 4.43 Å². The maximum Gasteiger partial charge on any atom is 0.176 e. The Morgan fingerprint density at radius 2 is 1.80 bits per heavy atom. The van der Waals surface area contributed by atoms with Crippen molar-refractivity contribution in [2.45, 2.75) is 45.7 Å². The largest absolute Gasteiger partial charge is 0.420 e. The van der Waals surface area contributed by atoms with E-state index in [0.717, 1.165) is 6.61 Å². The molecule has 1 nitrogen and oxygen atoms in total. The third-order valence-corrected chi connectivity index (χ3v) is 4.46. The Hall–Kier alpha value is 0.177. The van der Waals surface area contributed by atoms with Crippen LogP contribution in [-0.2, 0) is 4.43 Å². The third kappa shape index (κ3) is 5.00. The lowest BCUT2D eigenvalue weighted by atomic mass is 10.5. The van der Waals surface area contributed by atoms with Gasteiger partial charge in [0.25, 0.3) is 0 Å². The van der Waals surface area contributed by atoms with Gasteiger partial charge in [-0.2, -0.15) is 0 Å². The third-order valence-electron chi connectivity index (χ3n) is 1.62. The van der Waals surface area contributed by atoms with Crippen LogP contribution in [0.15, 0.2) is 0 Å². The van der Waals surface area contributed by atoms with Gasteiger partial charge in [0.2, 0.25) is 0 Å². The lowest BCUT2D eigenvalue weighted by Crippen LogP contribution is -2.16. The Kier molecular flexibility index (Phi) is 7.41. The monoisotopic (exact) mass is 160 g/mol. The van der Waals surface area contributed by atoms with Gasteiger partial charge in [0.05, 0.1) is 0 Å². The summed E-state index contributed by atoms with van der Waals surface area (Å²) in [5, 5.41) is 0. The van der Waals surface area contributed by atoms with Gasteiger partial charge < -0.3 is 4.43 Å². The van der Waals surface area contributed by atoms with E-state index in [0.29, 0.717) is 0 Å². The van der Waals surface area contributed by atoms with Crippen LogP contribution in [0.25, 0.3) is 0 Å². The van der Waals surface area contributed by atoms with Crippen LogP contribution in [0.3, 0.4) is 0 Å². The zero-order chi connectivity index (χ0) is 7.82. The molecule has 0 aliphatic carbocycles. The maximum absolute atomic E-state index is 5.72. The van der Waals surface area contributed by atoms with E-state index in [1.165, 1.54) is 24.9 Å². The maximum atomic E-state index is 5.72. The van der Waals surface area contributed by atoms with Crippen LogP contribution in [0.4, 0.5) is 0 Å². The van der Waals surface area contributed by atoms with Crippen molar-refractivity contribution in [3.63, 3.8) is 0 Å². The molecule has 0 aromatic rings. The topological polar surface area (TPSA) is 9.23 Å². The molecule has 0 heterocycles. The van der Waals surface area contributed by atoms with Gasteiger partial charge in [0, 0.05) is 6.61 Å². The predicted molar refractivity (Wildman–Crippen MR) is 49.0 cm³/mol. The van der Waals surface area contributed by atoms with Gasteiger partial charge in [-0.15, -0.1) is 0 Å². The summed E-state index contributed by atoms with van der Waals surface area (Å²) >= 11 is 0. The molecule has 62 valence electrons. The SMILES string of the molecule is CCCO[SiH](CC)CCC. The average Bonchev–Trinajstić information content (AvgIpc) is 1.98. The van der Waals surface area contributed by atoms with Gasteiger partial charge in [-0.3, -0.25) is 0 Å². The van der Waals surface area contributed by atoms with E-state index in [4.69, 9.17) is 4.43 Å². The van der Waals surface area contributed by atoms with E-state index < -0.39 is 9.04 Å². The molecule has 0 aliphatic heterocycles. The zero-order valence-corrected chi connectivity index (χ0v) is 8.68. The Bertz CT molecular complexity index is 66.3. The van der Waals surface area contributed by atoms with Crippen LogP contribution in [-0.4, -0.2) is 15.6 Å². The van der Waals surface area contributed by atoms with Crippen molar-refractivity contribution in [1.82, 2.24) is 0 Å². The zero-order valence-electron chi connectivity index (χ0n) is 7.52. The second-order valence-corrected chi connectivity index (χ2v) is 5.66. The van der Waals surface area contributed by atoms with Crippen molar-refractivity contribution in [2.75, 3.05) is 6.61 Å². The van der Waals surface area contributed by atoms with Gasteiger partial charge in [0.1, 0.15) is 0 Å². The Morgan fingerprint density at radius 1 is 1.10 bits per heavy atom. The highest BCUT2D eigenvalue weighted by molar-refractivity contribution is 6.51. The smallest absolute Gasteiger partial charge is 0.176 e. The minimum Gasteiger partial charge on any atom is -0.420 e. The fourth-order valence-electron chi connectivity index (χ4n) is 1.01. The Morgan fingerprint density at radius 3 is 2.20 bits per heavy atom. The number of hydrogen-bond donors (Lipinski definition) is 0. The van der Waals surface area contributed by atoms with E-state index in [-0.39, 0.29) is 0 Å². The molecule has 1 atom stereocenters. The molecule has 0 bridgehead atoms. The molecular formula is C8H20OSi. The molecule has 0 aliphatic rings. The first kappa shape index (κ1) is 10.2. The van der Waals surface area contributed by atoms with Crippen molar-refractivity contribution in [3.8, 4) is 0 Å². The highest BCUT2D eigenvalue weighted by Crippen LogP contribution is 2.03. The van der Waals surface area contributed by atoms with Gasteiger partial charge in [-0.25, -0.2) is 0 Å². The number of hydrogen-bond acceptors (Lipinski definition) is 1. The minimum atomic E-state index is -0.731. The van der Waals surface area contributed by atoms with E-state index in [2.05, 4.69) is 20.8 Å². The van der Waals surface area contributed by atoms with Gasteiger partial charge in [-0.1, -0.05) is 27.2 Å². The molecule has 0 saturated carbocycles. The van der Waals surface area contributed by atoms with Crippen LogP contribution in [0.1, 0.15) is 33.6 Å². The summed E-state index contributed by atoms with van der Waals surface area (Å²) in [4.78, 5) is 0. The lowest BCUT2D eigenvalue weighted by molar-refractivity contribution is 0.318. The average molecular weight is 160 g/mol. The highest BCUT2D eigenvalue weighted by Gasteiger charge is 2.05. The van der Waals surface area contributed by atoms with Crippen LogP contribution >= 0.6 is 0 Å². The van der Waals surface area contributed by atoms with Gasteiger partial charge >= 0.3 is 0 Å². The molecule has 2 heteroatoms. The summed E-state index contributed by atoms with van der Waals surface area (Å²) in [6, 6.07) is 2.66. The first-order chi connectivity index (χ1) is 4.85. The molecule has 1 unspecified atom stereocenters. The van der Waals surface area contributed by atoms with E-state index in [1.54, 1.807) is 0 Å². The van der Waals surface area contributed by atoms with E-state index in [1.807, 2.05) is 0 Å². The summed E-state index contributed by atoms with van der Waals surface area (Å²) in [6.45, 7) is 7.66. The molecule has 0 saturated heterocycles. The lowest BCUT2D eigenvalue weighted by Gasteiger charge is -2.11. The molecule has 0 N–H and O–H groups in total. The minimum absolute atomic E-state index is 0.731. The van der Waals surface area contributed by atoms with Crippen molar-refractivity contribution in [3.05, 3.63) is 0 Å². The predicted octanol–water partition coefficient (Wildman–Crippen LogP) is 2.57. The van der Waals surface area contributed by atoms with Crippen LogP contribution in [0.2, 0.25) is 12.1 Å². The van der Waals surface area contributed by atoms with Crippen LogP contribution in [0, 0.1) is 0 Å². The molecule has 0 amide bonds. The van der Waals surface area contributed by atoms with E-state index >= 15 is 0 Å². The van der Waals surface area contributed by atoms with Crippen molar-refractivity contribution in [1.29, 1.82) is 0 Å². The summed E-state index contributed by atoms with van der Waals surface area (Å²) < 4.78 is 5.72. The van der Waals surface area contributed by atoms with Crippen molar-refractivity contribution in [2.24, 2.45) is 0 Å². The Balaban J connectivity index is 3.21. The van der Waals surface area contributed by atoms with Gasteiger partial charge in [-0.05, 0) is 18.5 Å². The molecule has 0 aromatic carbocycles. The molecule has 0 radical (unpaired) electrons. The highest BCUT2D eigenvalue weighted by atomic mass is 28.3. The molecule has 0 aromatic heterocycles. The number of rotatable bonds is 6. The van der Waals surface area contributed by atoms with Gasteiger partial charge in [0.15, 0.2) is 9.04 Å². The molecule has 0 fully saturated rings. The summed E-state index contributed by atoms with van der Waals surface area (Å²) in [7, 11) is -0.731. The first-order valence-corrected chi connectivity index (χ1v) is 6.57.